The third kappa shape index (κ3) is 2.97. The van der Waals surface area contributed by atoms with Gasteiger partial charge in [0.15, 0.2) is 5.01 Å². The summed E-state index contributed by atoms with van der Waals surface area (Å²) in [5.74, 6) is 0.0257. The Morgan fingerprint density at radius 1 is 1.41 bits per heavy atom. The fourth-order valence-electron chi connectivity index (χ4n) is 1.95. The second kappa shape index (κ2) is 4.91. The normalized spacial score (nSPS) is 20.5. The lowest BCUT2D eigenvalue weighted by Crippen LogP contribution is -2.30. The number of rotatable bonds is 2. The highest BCUT2D eigenvalue weighted by molar-refractivity contribution is 7.11. The van der Waals surface area contributed by atoms with Crippen LogP contribution in [0.25, 0.3) is 0 Å². The van der Waals surface area contributed by atoms with Crippen molar-refractivity contribution in [2.45, 2.75) is 25.1 Å². The molecular formula is C10H13F3N2OS. The highest BCUT2D eigenvalue weighted by atomic mass is 32.1. The zero-order chi connectivity index (χ0) is 12.5. The van der Waals surface area contributed by atoms with Crippen molar-refractivity contribution in [3.05, 3.63) is 16.1 Å². The number of aliphatic hydroxyl groups excluding tert-OH is 1. The van der Waals surface area contributed by atoms with Gasteiger partial charge in [-0.05, 0) is 31.8 Å². The number of nitrogens with zero attached hydrogens (tertiary/aromatic N) is 1. The number of thiazole rings is 1. The molecule has 1 unspecified atom stereocenters. The molecule has 1 aliphatic heterocycles. The van der Waals surface area contributed by atoms with Gasteiger partial charge in [-0.2, -0.15) is 13.2 Å². The second-order valence-electron chi connectivity index (χ2n) is 4.10. The number of piperidine rings is 1. The molecule has 0 bridgehead atoms. The minimum absolute atomic E-state index is 0.0257. The largest absolute Gasteiger partial charge is 0.443 e. The van der Waals surface area contributed by atoms with E-state index >= 15 is 0 Å². The third-order valence-corrected chi connectivity index (χ3v) is 4.00. The van der Waals surface area contributed by atoms with E-state index in [1.54, 1.807) is 0 Å². The van der Waals surface area contributed by atoms with Crippen LogP contribution in [-0.4, -0.2) is 23.2 Å². The van der Waals surface area contributed by atoms with E-state index in [1.807, 2.05) is 0 Å². The number of alkyl halides is 3. The minimum Gasteiger partial charge on any atom is -0.387 e. The fraction of sp³-hybridized carbons (Fsp3) is 0.700. The van der Waals surface area contributed by atoms with Gasteiger partial charge in [0, 0.05) is 6.20 Å². The van der Waals surface area contributed by atoms with Gasteiger partial charge in [-0.1, -0.05) is 0 Å². The molecule has 0 radical (unpaired) electrons. The van der Waals surface area contributed by atoms with Crippen LogP contribution < -0.4 is 5.32 Å². The van der Waals surface area contributed by atoms with Gasteiger partial charge in [-0.15, -0.1) is 11.3 Å². The van der Waals surface area contributed by atoms with Gasteiger partial charge in [0.1, 0.15) is 0 Å². The van der Waals surface area contributed by atoms with Gasteiger partial charge in [0.05, 0.1) is 11.0 Å². The monoisotopic (exact) mass is 266 g/mol. The highest BCUT2D eigenvalue weighted by Gasteiger charge is 2.36. The Hall–Kier alpha value is -0.660. The first-order valence-electron chi connectivity index (χ1n) is 5.40. The molecule has 2 N–H and O–H groups in total. The second-order valence-corrected chi connectivity index (χ2v) is 5.16. The molecular weight excluding hydrogens is 253 g/mol. The Labute approximate surface area is 101 Å². The molecule has 96 valence electrons. The summed E-state index contributed by atoms with van der Waals surface area (Å²) in [6.45, 7) is 1.60. The molecule has 0 spiro atoms. The molecule has 1 aromatic heterocycles. The van der Waals surface area contributed by atoms with Crippen molar-refractivity contribution in [3.63, 3.8) is 0 Å². The molecule has 0 aromatic carbocycles. The van der Waals surface area contributed by atoms with Crippen molar-refractivity contribution in [2.24, 2.45) is 5.92 Å². The summed E-state index contributed by atoms with van der Waals surface area (Å²) in [5.41, 5.74) is 0. The SMILES string of the molecule is OC(c1cnc(C(F)(F)F)s1)C1CCNCC1. The number of halogens is 3. The molecule has 1 saturated heterocycles. The van der Waals surface area contributed by atoms with Crippen molar-refractivity contribution < 1.29 is 18.3 Å². The van der Waals surface area contributed by atoms with Crippen LogP contribution in [0.3, 0.4) is 0 Å². The predicted octanol–water partition coefficient (Wildman–Crippen LogP) is 2.19. The van der Waals surface area contributed by atoms with Crippen LogP contribution in [-0.2, 0) is 6.18 Å². The van der Waals surface area contributed by atoms with E-state index in [9.17, 15) is 18.3 Å². The topological polar surface area (TPSA) is 45.2 Å². The summed E-state index contributed by atoms with van der Waals surface area (Å²) in [4.78, 5) is 3.63. The third-order valence-electron chi connectivity index (χ3n) is 2.89. The molecule has 7 heteroatoms. The van der Waals surface area contributed by atoms with Crippen LogP contribution in [0.1, 0.15) is 28.8 Å². The average Bonchev–Trinajstić information content (AvgIpc) is 2.78. The molecule has 0 saturated carbocycles. The summed E-state index contributed by atoms with van der Waals surface area (Å²) < 4.78 is 37.1. The van der Waals surface area contributed by atoms with Crippen LogP contribution in [0, 0.1) is 5.92 Å². The fourth-order valence-corrected chi connectivity index (χ4v) is 2.81. The van der Waals surface area contributed by atoms with Crippen LogP contribution >= 0.6 is 11.3 Å². The number of hydrogen-bond donors (Lipinski definition) is 2. The first kappa shape index (κ1) is 12.8. The van der Waals surface area contributed by atoms with Gasteiger partial charge in [-0.25, -0.2) is 4.98 Å². The van der Waals surface area contributed by atoms with Gasteiger partial charge >= 0.3 is 6.18 Å². The van der Waals surface area contributed by atoms with E-state index in [-0.39, 0.29) is 5.92 Å². The summed E-state index contributed by atoms with van der Waals surface area (Å²) in [7, 11) is 0. The Bertz CT molecular complexity index is 374. The van der Waals surface area contributed by atoms with Crippen molar-refractivity contribution in [1.29, 1.82) is 0 Å². The van der Waals surface area contributed by atoms with E-state index in [0.29, 0.717) is 16.2 Å². The van der Waals surface area contributed by atoms with E-state index in [4.69, 9.17) is 0 Å². The quantitative estimate of drug-likeness (QED) is 0.862. The van der Waals surface area contributed by atoms with Crippen molar-refractivity contribution >= 4 is 11.3 Å². The Morgan fingerprint density at radius 3 is 2.59 bits per heavy atom. The van der Waals surface area contributed by atoms with Gasteiger partial charge in [0.2, 0.25) is 0 Å². The van der Waals surface area contributed by atoms with Crippen molar-refractivity contribution in [3.8, 4) is 0 Å². The molecule has 3 nitrogen and oxygen atoms in total. The molecule has 1 aromatic rings. The molecule has 0 aliphatic carbocycles. The van der Waals surface area contributed by atoms with Gasteiger partial charge in [0.25, 0.3) is 0 Å². The zero-order valence-corrected chi connectivity index (χ0v) is 9.81. The van der Waals surface area contributed by atoms with Crippen LogP contribution in [0.4, 0.5) is 13.2 Å². The van der Waals surface area contributed by atoms with E-state index in [0.717, 1.165) is 32.1 Å². The lowest BCUT2D eigenvalue weighted by Gasteiger charge is -2.26. The molecule has 0 amide bonds. The number of hydrogen-bond acceptors (Lipinski definition) is 4. The van der Waals surface area contributed by atoms with Gasteiger partial charge < -0.3 is 10.4 Å². The van der Waals surface area contributed by atoms with Crippen molar-refractivity contribution in [1.82, 2.24) is 10.3 Å². The maximum absolute atomic E-state index is 12.4. The highest BCUT2D eigenvalue weighted by Crippen LogP contribution is 2.37. The number of nitrogens with one attached hydrogen (secondary N) is 1. The van der Waals surface area contributed by atoms with E-state index in [1.165, 1.54) is 0 Å². The Kier molecular flexibility index (Phi) is 3.70. The minimum atomic E-state index is -4.42. The number of aliphatic hydroxyl groups is 1. The van der Waals surface area contributed by atoms with Gasteiger partial charge in [-0.3, -0.25) is 0 Å². The summed E-state index contributed by atoms with van der Waals surface area (Å²) in [6, 6.07) is 0. The first-order chi connectivity index (χ1) is 7.98. The zero-order valence-electron chi connectivity index (χ0n) is 9.00. The van der Waals surface area contributed by atoms with E-state index < -0.39 is 17.3 Å². The maximum atomic E-state index is 12.4. The predicted molar refractivity (Wildman–Crippen MR) is 57.7 cm³/mol. The summed E-state index contributed by atoms with van der Waals surface area (Å²) in [6.07, 6.45) is -2.55. The lowest BCUT2D eigenvalue weighted by molar-refractivity contribution is -0.137. The molecule has 1 aliphatic rings. The first-order valence-corrected chi connectivity index (χ1v) is 6.22. The molecule has 17 heavy (non-hydrogen) atoms. The Morgan fingerprint density at radius 2 is 2.06 bits per heavy atom. The maximum Gasteiger partial charge on any atom is 0.443 e. The van der Waals surface area contributed by atoms with Crippen LogP contribution in [0.15, 0.2) is 6.20 Å². The molecule has 1 atom stereocenters. The standard InChI is InChI=1S/C10H13F3N2OS/c11-10(12,13)9-15-5-7(17-9)8(16)6-1-3-14-4-2-6/h5-6,8,14,16H,1-4H2. The smallest absolute Gasteiger partial charge is 0.387 e. The molecule has 2 rings (SSSR count). The lowest BCUT2D eigenvalue weighted by atomic mass is 9.92. The van der Waals surface area contributed by atoms with E-state index in [2.05, 4.69) is 10.3 Å². The average molecular weight is 266 g/mol. The molecule has 1 fully saturated rings. The van der Waals surface area contributed by atoms with Crippen LogP contribution in [0.2, 0.25) is 0 Å². The number of aromatic nitrogens is 1. The molecule has 2 heterocycles. The summed E-state index contributed by atoms with van der Waals surface area (Å²) in [5, 5.41) is 12.3. The summed E-state index contributed by atoms with van der Waals surface area (Å²) >= 11 is 0.535. The Balaban J connectivity index is 2.08. The van der Waals surface area contributed by atoms with Crippen LogP contribution in [0.5, 0.6) is 0 Å². The van der Waals surface area contributed by atoms with Crippen molar-refractivity contribution in [2.75, 3.05) is 13.1 Å².